The minimum absolute atomic E-state index is 0.0467. The zero-order valence-electron chi connectivity index (χ0n) is 17.3. The van der Waals surface area contributed by atoms with Crippen molar-refractivity contribution in [2.45, 2.75) is 12.8 Å². The first kappa shape index (κ1) is 21.1. The van der Waals surface area contributed by atoms with Crippen molar-refractivity contribution in [3.05, 3.63) is 51.6 Å². The van der Waals surface area contributed by atoms with Gasteiger partial charge in [-0.3, -0.25) is 9.59 Å². The van der Waals surface area contributed by atoms with Gasteiger partial charge in [-0.05, 0) is 49.2 Å². The lowest BCUT2D eigenvalue weighted by atomic mass is 10.1. The minimum atomic E-state index is -0.400. The highest BCUT2D eigenvalue weighted by Crippen LogP contribution is 2.37. The van der Waals surface area contributed by atoms with Crippen LogP contribution in [0.15, 0.2) is 45.6 Å². The Bertz CT molecular complexity index is 1180. The highest BCUT2D eigenvalue weighted by molar-refractivity contribution is 6.31. The fraction of sp³-hybridized carbons (Fsp3) is 0.304. The Morgan fingerprint density at radius 2 is 1.81 bits per heavy atom. The first-order valence-corrected chi connectivity index (χ1v) is 10.3. The predicted molar refractivity (Wildman–Crippen MR) is 117 cm³/mol. The van der Waals surface area contributed by atoms with Gasteiger partial charge in [0.2, 0.25) is 11.2 Å². The second-order valence-corrected chi connectivity index (χ2v) is 7.61. The van der Waals surface area contributed by atoms with Crippen molar-refractivity contribution in [3.63, 3.8) is 0 Å². The van der Waals surface area contributed by atoms with Crippen LogP contribution in [0.5, 0.6) is 17.2 Å². The van der Waals surface area contributed by atoms with Crippen LogP contribution >= 0.6 is 11.6 Å². The molecule has 0 spiro atoms. The summed E-state index contributed by atoms with van der Waals surface area (Å²) in [4.78, 5) is 27.5. The number of nitrogens with zero attached hydrogens (tertiary/aromatic N) is 1. The van der Waals surface area contributed by atoms with E-state index in [4.69, 9.17) is 30.2 Å². The number of likely N-dealkylation sites (tertiary alicyclic amines) is 1. The van der Waals surface area contributed by atoms with Crippen molar-refractivity contribution in [3.8, 4) is 28.6 Å². The molecule has 1 amide bonds. The van der Waals surface area contributed by atoms with E-state index in [0.29, 0.717) is 40.8 Å². The molecule has 2 aromatic carbocycles. The lowest BCUT2D eigenvalue weighted by Gasteiger charge is -2.17. The summed E-state index contributed by atoms with van der Waals surface area (Å²) in [5.41, 5.74) is 0.510. The summed E-state index contributed by atoms with van der Waals surface area (Å²) < 4.78 is 22.5. The van der Waals surface area contributed by atoms with Crippen molar-refractivity contribution in [2.75, 3.05) is 33.9 Å². The first-order valence-electron chi connectivity index (χ1n) is 9.91. The molecule has 1 aliphatic heterocycles. The highest BCUT2D eigenvalue weighted by atomic mass is 35.5. The van der Waals surface area contributed by atoms with Gasteiger partial charge in [-0.25, -0.2) is 0 Å². The molecule has 0 aliphatic carbocycles. The van der Waals surface area contributed by atoms with E-state index in [1.807, 2.05) is 0 Å². The zero-order chi connectivity index (χ0) is 22.0. The number of carbonyl (C=O) groups is 1. The third kappa shape index (κ3) is 4.18. The van der Waals surface area contributed by atoms with Crippen molar-refractivity contribution in [2.24, 2.45) is 0 Å². The van der Waals surface area contributed by atoms with Gasteiger partial charge in [-0.1, -0.05) is 11.6 Å². The van der Waals surface area contributed by atoms with Crippen molar-refractivity contribution in [1.29, 1.82) is 0 Å². The summed E-state index contributed by atoms with van der Waals surface area (Å²) in [6.07, 6.45) is 1.94. The highest BCUT2D eigenvalue weighted by Gasteiger charge is 2.23. The number of methoxy groups -OCH3 is 2. The Morgan fingerprint density at radius 3 is 2.52 bits per heavy atom. The molecule has 2 heterocycles. The lowest BCUT2D eigenvalue weighted by Crippen LogP contribution is -2.32. The summed E-state index contributed by atoms with van der Waals surface area (Å²) in [6, 6.07) is 9.92. The fourth-order valence-electron chi connectivity index (χ4n) is 3.64. The molecule has 0 radical (unpaired) electrons. The van der Waals surface area contributed by atoms with Gasteiger partial charge in [0.15, 0.2) is 23.9 Å². The molecule has 0 atom stereocenters. The van der Waals surface area contributed by atoms with Crippen LogP contribution in [0.3, 0.4) is 0 Å². The molecule has 0 unspecified atom stereocenters. The molecule has 1 aromatic heterocycles. The molecule has 0 saturated carbocycles. The standard InChI is InChI=1S/C23H22ClNO6/c1-28-18-7-5-14(11-19(18)29-2)22-23(30-13-20(26)25-9-3-4-10-25)21(27)16-12-15(24)6-8-17(16)31-22/h5-8,11-12H,3-4,9-10,13H2,1-2H3. The molecule has 7 nitrogen and oxygen atoms in total. The molecule has 1 aliphatic rings. The Balaban J connectivity index is 1.81. The minimum Gasteiger partial charge on any atom is -0.493 e. The van der Waals surface area contributed by atoms with E-state index in [1.165, 1.54) is 20.3 Å². The molecule has 0 N–H and O–H groups in total. The summed E-state index contributed by atoms with van der Waals surface area (Å²) in [5.74, 6) is 0.997. The van der Waals surface area contributed by atoms with Gasteiger partial charge < -0.3 is 23.5 Å². The first-order chi connectivity index (χ1) is 15.0. The maximum absolute atomic E-state index is 13.3. The van der Waals surface area contributed by atoms with E-state index in [1.54, 1.807) is 35.2 Å². The maximum atomic E-state index is 13.3. The summed E-state index contributed by atoms with van der Waals surface area (Å²) >= 11 is 6.07. The Morgan fingerprint density at radius 1 is 1.06 bits per heavy atom. The number of rotatable bonds is 6. The molecule has 1 saturated heterocycles. The van der Waals surface area contributed by atoms with Crippen LogP contribution in [-0.2, 0) is 4.79 Å². The van der Waals surface area contributed by atoms with E-state index in [2.05, 4.69) is 0 Å². The summed E-state index contributed by atoms with van der Waals surface area (Å²) in [5, 5.41) is 0.679. The largest absolute Gasteiger partial charge is 0.493 e. The average Bonchev–Trinajstić information content (AvgIpc) is 3.33. The number of hydrogen-bond acceptors (Lipinski definition) is 6. The Labute approximate surface area is 184 Å². The Hall–Kier alpha value is -3.19. The van der Waals surface area contributed by atoms with Crippen molar-refractivity contribution < 1.29 is 23.4 Å². The van der Waals surface area contributed by atoms with Gasteiger partial charge in [-0.15, -0.1) is 0 Å². The van der Waals surface area contributed by atoms with Crippen LogP contribution in [0.1, 0.15) is 12.8 Å². The number of carbonyl (C=O) groups excluding carboxylic acids is 1. The van der Waals surface area contributed by atoms with Crippen LogP contribution < -0.4 is 19.6 Å². The van der Waals surface area contributed by atoms with Crippen LogP contribution in [-0.4, -0.2) is 44.7 Å². The molecule has 8 heteroatoms. The second-order valence-electron chi connectivity index (χ2n) is 7.18. The third-order valence-electron chi connectivity index (χ3n) is 5.26. The van der Waals surface area contributed by atoms with Gasteiger partial charge in [0.25, 0.3) is 5.91 Å². The molecule has 1 fully saturated rings. The zero-order valence-corrected chi connectivity index (χ0v) is 18.0. The topological polar surface area (TPSA) is 78.2 Å². The lowest BCUT2D eigenvalue weighted by molar-refractivity contribution is -0.132. The monoisotopic (exact) mass is 443 g/mol. The molecule has 3 aromatic rings. The van der Waals surface area contributed by atoms with Crippen LogP contribution in [0.2, 0.25) is 5.02 Å². The smallest absolute Gasteiger partial charge is 0.260 e. The van der Waals surface area contributed by atoms with Gasteiger partial charge >= 0.3 is 0 Å². The SMILES string of the molecule is COc1ccc(-c2oc3ccc(Cl)cc3c(=O)c2OCC(=O)N2CCCC2)cc1OC. The number of fused-ring (bicyclic) bond motifs is 1. The summed E-state index contributed by atoms with van der Waals surface area (Å²) in [7, 11) is 3.06. The molecule has 31 heavy (non-hydrogen) atoms. The van der Waals surface area contributed by atoms with Crippen LogP contribution in [0, 0.1) is 0 Å². The van der Waals surface area contributed by atoms with E-state index in [-0.39, 0.29) is 29.4 Å². The van der Waals surface area contributed by atoms with E-state index in [0.717, 1.165) is 12.8 Å². The number of hydrogen-bond donors (Lipinski definition) is 0. The average molecular weight is 444 g/mol. The number of amides is 1. The number of ether oxygens (including phenoxy) is 3. The predicted octanol–water partition coefficient (Wildman–Crippen LogP) is 4.13. The second kappa shape index (κ2) is 8.89. The normalized spacial score (nSPS) is 13.5. The van der Waals surface area contributed by atoms with E-state index in [9.17, 15) is 9.59 Å². The van der Waals surface area contributed by atoms with Crippen molar-refractivity contribution >= 4 is 28.5 Å². The van der Waals surface area contributed by atoms with Gasteiger partial charge in [0, 0.05) is 23.7 Å². The van der Waals surface area contributed by atoms with E-state index >= 15 is 0 Å². The molecule has 4 rings (SSSR count). The molecular formula is C23H22ClNO6. The maximum Gasteiger partial charge on any atom is 0.260 e. The summed E-state index contributed by atoms with van der Waals surface area (Å²) in [6.45, 7) is 1.15. The fourth-order valence-corrected chi connectivity index (χ4v) is 3.81. The molecular weight excluding hydrogens is 422 g/mol. The third-order valence-corrected chi connectivity index (χ3v) is 5.49. The van der Waals surface area contributed by atoms with Crippen LogP contribution in [0.4, 0.5) is 0 Å². The Kier molecular flexibility index (Phi) is 6.04. The molecule has 0 bridgehead atoms. The number of halogens is 1. The van der Waals surface area contributed by atoms with E-state index < -0.39 is 5.43 Å². The van der Waals surface area contributed by atoms with Gasteiger partial charge in [0.1, 0.15) is 5.58 Å². The molecule has 162 valence electrons. The number of benzene rings is 2. The van der Waals surface area contributed by atoms with Crippen molar-refractivity contribution in [1.82, 2.24) is 4.90 Å². The van der Waals surface area contributed by atoms with Gasteiger partial charge in [-0.2, -0.15) is 0 Å². The van der Waals surface area contributed by atoms with Crippen LogP contribution in [0.25, 0.3) is 22.3 Å². The quantitative estimate of drug-likeness (QED) is 0.570. The van der Waals surface area contributed by atoms with Gasteiger partial charge in [0.05, 0.1) is 19.6 Å².